The number of rotatable bonds is 4. The highest BCUT2D eigenvalue weighted by Crippen LogP contribution is 2.23. The summed E-state index contributed by atoms with van der Waals surface area (Å²) >= 11 is 4.91. The number of ether oxygens (including phenoxy) is 2. The van der Waals surface area contributed by atoms with Gasteiger partial charge >= 0.3 is 0 Å². The van der Waals surface area contributed by atoms with Crippen LogP contribution in [0.4, 0.5) is 0 Å². The van der Waals surface area contributed by atoms with Crippen LogP contribution in [0.1, 0.15) is 13.8 Å². The summed E-state index contributed by atoms with van der Waals surface area (Å²) < 4.78 is 10.7. The molecule has 0 bridgehead atoms. The van der Waals surface area contributed by atoms with Crippen molar-refractivity contribution in [3.05, 3.63) is 24.3 Å². The van der Waals surface area contributed by atoms with Crippen LogP contribution >= 0.6 is 12.2 Å². The number of methoxy groups -OCH3 is 1. The van der Waals surface area contributed by atoms with E-state index in [-0.39, 0.29) is 0 Å². The minimum atomic E-state index is -0.651. The lowest BCUT2D eigenvalue weighted by Gasteiger charge is -2.25. The van der Waals surface area contributed by atoms with Gasteiger partial charge in [-0.15, -0.1) is 0 Å². The first-order valence-corrected chi connectivity index (χ1v) is 4.99. The largest absolute Gasteiger partial charge is 0.497 e. The minimum absolute atomic E-state index is 0.324. The standard InChI is InChI=1S/C11H15NO2S/c1-11(2,10(12)15)14-9-6-4-5-8(7-9)13-3/h4-7H,1-3H3,(H2,12,15). The molecule has 0 radical (unpaired) electrons. The van der Waals surface area contributed by atoms with Crippen LogP contribution in [0.25, 0.3) is 0 Å². The molecule has 0 aliphatic heterocycles. The van der Waals surface area contributed by atoms with E-state index in [2.05, 4.69) is 0 Å². The lowest BCUT2D eigenvalue weighted by atomic mass is 10.1. The Balaban J connectivity index is 2.85. The summed E-state index contributed by atoms with van der Waals surface area (Å²) in [5.41, 5.74) is 4.91. The van der Waals surface area contributed by atoms with Crippen LogP contribution in [-0.2, 0) is 0 Å². The first-order chi connectivity index (χ1) is 6.95. The average Bonchev–Trinajstić information content (AvgIpc) is 2.17. The van der Waals surface area contributed by atoms with Gasteiger partial charge in [0.25, 0.3) is 0 Å². The van der Waals surface area contributed by atoms with Gasteiger partial charge in [0.05, 0.1) is 7.11 Å². The van der Waals surface area contributed by atoms with E-state index >= 15 is 0 Å². The molecule has 0 unspecified atom stereocenters. The van der Waals surface area contributed by atoms with Crippen LogP contribution < -0.4 is 15.2 Å². The van der Waals surface area contributed by atoms with E-state index in [1.54, 1.807) is 13.2 Å². The Kier molecular flexibility index (Phi) is 3.52. The second-order valence-electron chi connectivity index (χ2n) is 3.66. The summed E-state index contributed by atoms with van der Waals surface area (Å²) in [6, 6.07) is 7.33. The molecule has 1 aromatic carbocycles. The van der Waals surface area contributed by atoms with Gasteiger partial charge < -0.3 is 15.2 Å². The van der Waals surface area contributed by atoms with E-state index in [0.29, 0.717) is 10.7 Å². The molecule has 0 amide bonds. The fraction of sp³-hybridized carbons (Fsp3) is 0.364. The van der Waals surface area contributed by atoms with Gasteiger partial charge in [-0.1, -0.05) is 18.3 Å². The molecule has 2 N–H and O–H groups in total. The zero-order chi connectivity index (χ0) is 11.5. The zero-order valence-corrected chi connectivity index (χ0v) is 9.93. The van der Waals surface area contributed by atoms with Crippen molar-refractivity contribution in [3.63, 3.8) is 0 Å². The molecule has 15 heavy (non-hydrogen) atoms. The molecule has 0 heterocycles. The average molecular weight is 225 g/mol. The van der Waals surface area contributed by atoms with Crippen LogP contribution in [-0.4, -0.2) is 17.7 Å². The van der Waals surface area contributed by atoms with Gasteiger partial charge in [0.1, 0.15) is 16.5 Å². The topological polar surface area (TPSA) is 44.5 Å². The first kappa shape index (κ1) is 11.8. The van der Waals surface area contributed by atoms with E-state index in [4.69, 9.17) is 27.4 Å². The van der Waals surface area contributed by atoms with Gasteiger partial charge in [0, 0.05) is 6.07 Å². The molecule has 0 fully saturated rings. The normalized spacial score (nSPS) is 10.9. The van der Waals surface area contributed by atoms with E-state index < -0.39 is 5.60 Å². The smallest absolute Gasteiger partial charge is 0.153 e. The van der Waals surface area contributed by atoms with Crippen molar-refractivity contribution >= 4 is 17.2 Å². The second kappa shape index (κ2) is 4.49. The molecule has 0 atom stereocenters. The summed E-state index contributed by atoms with van der Waals surface area (Å²) in [6.07, 6.45) is 0. The van der Waals surface area contributed by atoms with E-state index in [1.165, 1.54) is 0 Å². The molecule has 0 saturated heterocycles. The number of nitrogens with two attached hydrogens (primary N) is 1. The predicted octanol–water partition coefficient (Wildman–Crippen LogP) is 2.14. The molecule has 0 aliphatic carbocycles. The summed E-state index contributed by atoms with van der Waals surface area (Å²) in [5.74, 6) is 1.43. The molecule has 4 heteroatoms. The Labute approximate surface area is 95.2 Å². The maximum Gasteiger partial charge on any atom is 0.153 e. The number of thiocarbonyl (C=S) groups is 1. The minimum Gasteiger partial charge on any atom is -0.497 e. The number of hydrogen-bond acceptors (Lipinski definition) is 3. The summed E-state index contributed by atoms with van der Waals surface area (Å²) in [6.45, 7) is 3.66. The monoisotopic (exact) mass is 225 g/mol. The zero-order valence-electron chi connectivity index (χ0n) is 9.11. The molecule has 1 rings (SSSR count). The molecule has 0 aromatic heterocycles. The van der Waals surface area contributed by atoms with Crippen LogP contribution in [0.15, 0.2) is 24.3 Å². The molecule has 3 nitrogen and oxygen atoms in total. The van der Waals surface area contributed by atoms with Crippen LogP contribution in [0, 0.1) is 0 Å². The van der Waals surface area contributed by atoms with Crippen molar-refractivity contribution in [3.8, 4) is 11.5 Å². The Hall–Kier alpha value is -1.29. The van der Waals surface area contributed by atoms with Crippen molar-refractivity contribution in [2.24, 2.45) is 5.73 Å². The van der Waals surface area contributed by atoms with Crippen LogP contribution in [0.2, 0.25) is 0 Å². The fourth-order valence-corrected chi connectivity index (χ4v) is 1.05. The Morgan fingerprint density at radius 1 is 1.33 bits per heavy atom. The van der Waals surface area contributed by atoms with Gasteiger partial charge in [0.2, 0.25) is 0 Å². The van der Waals surface area contributed by atoms with Crippen molar-refractivity contribution in [1.29, 1.82) is 0 Å². The lowest BCUT2D eigenvalue weighted by Crippen LogP contribution is -2.41. The highest BCUT2D eigenvalue weighted by atomic mass is 32.1. The van der Waals surface area contributed by atoms with Crippen molar-refractivity contribution in [2.75, 3.05) is 7.11 Å². The predicted molar refractivity (Wildman–Crippen MR) is 64.5 cm³/mol. The molecule has 0 spiro atoms. The van der Waals surface area contributed by atoms with E-state index in [0.717, 1.165) is 5.75 Å². The molecule has 0 aliphatic rings. The molecular formula is C11H15NO2S. The molecule has 82 valence electrons. The van der Waals surface area contributed by atoms with Crippen molar-refractivity contribution in [2.45, 2.75) is 19.4 Å². The van der Waals surface area contributed by atoms with Crippen molar-refractivity contribution < 1.29 is 9.47 Å². The second-order valence-corrected chi connectivity index (χ2v) is 4.10. The number of benzene rings is 1. The van der Waals surface area contributed by atoms with Gasteiger partial charge in [-0.3, -0.25) is 0 Å². The third kappa shape index (κ3) is 3.09. The van der Waals surface area contributed by atoms with Gasteiger partial charge in [-0.25, -0.2) is 0 Å². The SMILES string of the molecule is COc1cccc(OC(C)(C)C(N)=S)c1. The third-order valence-electron chi connectivity index (χ3n) is 2.01. The van der Waals surface area contributed by atoms with Crippen molar-refractivity contribution in [1.82, 2.24) is 0 Å². The molecule has 0 saturated carbocycles. The summed E-state index contributed by atoms with van der Waals surface area (Å²) in [4.78, 5) is 0.324. The Morgan fingerprint density at radius 3 is 2.47 bits per heavy atom. The molecular weight excluding hydrogens is 210 g/mol. The Bertz CT molecular complexity index is 363. The highest BCUT2D eigenvalue weighted by molar-refractivity contribution is 7.80. The maximum absolute atomic E-state index is 5.66. The third-order valence-corrected chi connectivity index (χ3v) is 2.50. The van der Waals surface area contributed by atoms with Gasteiger partial charge in [-0.2, -0.15) is 0 Å². The molecule has 1 aromatic rings. The first-order valence-electron chi connectivity index (χ1n) is 4.58. The van der Waals surface area contributed by atoms with Crippen LogP contribution in [0.5, 0.6) is 11.5 Å². The van der Waals surface area contributed by atoms with E-state index in [1.807, 2.05) is 32.0 Å². The highest BCUT2D eigenvalue weighted by Gasteiger charge is 2.23. The fourth-order valence-electron chi connectivity index (χ4n) is 1.01. The van der Waals surface area contributed by atoms with E-state index in [9.17, 15) is 0 Å². The number of hydrogen-bond donors (Lipinski definition) is 1. The maximum atomic E-state index is 5.66. The summed E-state index contributed by atoms with van der Waals surface area (Å²) in [7, 11) is 1.61. The van der Waals surface area contributed by atoms with Crippen LogP contribution in [0.3, 0.4) is 0 Å². The lowest BCUT2D eigenvalue weighted by molar-refractivity contribution is 0.183. The van der Waals surface area contributed by atoms with Gasteiger partial charge in [-0.05, 0) is 26.0 Å². The van der Waals surface area contributed by atoms with Gasteiger partial charge in [0.15, 0.2) is 5.60 Å². The summed E-state index contributed by atoms with van der Waals surface area (Å²) in [5, 5.41) is 0. The Morgan fingerprint density at radius 2 is 1.93 bits per heavy atom. The quantitative estimate of drug-likeness (QED) is 0.797.